The number of nitrogens with two attached hydrogens (primary N) is 1. The Kier molecular flexibility index (Phi) is 7.23. The fourth-order valence-electron chi connectivity index (χ4n) is 1.07. The zero-order valence-electron chi connectivity index (χ0n) is 10.9. The fourth-order valence-corrected chi connectivity index (χ4v) is 1.07. The van der Waals surface area contributed by atoms with E-state index in [1.165, 1.54) is 6.08 Å². The first-order valence-corrected chi connectivity index (χ1v) is 5.77. The molecule has 4 N–H and O–H groups in total. The van der Waals surface area contributed by atoms with Crippen molar-refractivity contribution in [1.82, 2.24) is 5.32 Å². The molecule has 0 rings (SSSR count). The molecule has 0 aromatic rings. The van der Waals surface area contributed by atoms with E-state index < -0.39 is 23.4 Å². The first-order chi connectivity index (χ1) is 8.35. The molecule has 104 valence electrons. The van der Waals surface area contributed by atoms with E-state index in [-0.39, 0.29) is 26.1 Å². The first-order valence-electron chi connectivity index (χ1n) is 5.77. The predicted molar refractivity (Wildman–Crippen MR) is 67.6 cm³/mol. The van der Waals surface area contributed by atoms with Crippen LogP contribution in [0.1, 0.15) is 20.3 Å². The molecule has 0 aliphatic heterocycles. The minimum Gasteiger partial charge on any atom is -0.461 e. The molecular weight excluding hydrogens is 236 g/mol. The van der Waals surface area contributed by atoms with Crippen molar-refractivity contribution in [2.45, 2.75) is 26.4 Å². The molecule has 0 bridgehead atoms. The molecule has 0 unspecified atom stereocenters. The molecule has 0 heterocycles. The summed E-state index contributed by atoms with van der Waals surface area (Å²) in [6, 6.07) is 0. The van der Waals surface area contributed by atoms with Crippen molar-refractivity contribution >= 4 is 11.9 Å². The molecule has 6 heteroatoms. The maximum absolute atomic E-state index is 11.6. The highest BCUT2D eigenvalue weighted by molar-refractivity contribution is 5.81. The molecule has 0 fully saturated rings. The number of carbonyl (C=O) groups is 2. The van der Waals surface area contributed by atoms with Crippen LogP contribution in [0.5, 0.6) is 0 Å². The lowest BCUT2D eigenvalue weighted by atomic mass is 9.86. The SMILES string of the molecule is C=CCOC(=O)CCNC(=O)[C@H](O)C(C)(C)CN. The molecule has 6 nitrogen and oxygen atoms in total. The van der Waals surface area contributed by atoms with Gasteiger partial charge in [0.15, 0.2) is 0 Å². The number of hydrogen-bond acceptors (Lipinski definition) is 5. The Labute approximate surface area is 107 Å². The van der Waals surface area contributed by atoms with Crippen LogP contribution >= 0.6 is 0 Å². The maximum atomic E-state index is 11.6. The Bertz CT molecular complexity index is 302. The fraction of sp³-hybridized carbons (Fsp3) is 0.667. The zero-order chi connectivity index (χ0) is 14.2. The van der Waals surface area contributed by atoms with Crippen molar-refractivity contribution in [1.29, 1.82) is 0 Å². The van der Waals surface area contributed by atoms with Crippen LogP contribution in [0, 0.1) is 5.41 Å². The summed E-state index contributed by atoms with van der Waals surface area (Å²) < 4.78 is 4.73. The van der Waals surface area contributed by atoms with Gasteiger partial charge in [0, 0.05) is 18.5 Å². The van der Waals surface area contributed by atoms with Gasteiger partial charge in [0.05, 0.1) is 6.42 Å². The van der Waals surface area contributed by atoms with Crippen molar-refractivity contribution in [3.63, 3.8) is 0 Å². The van der Waals surface area contributed by atoms with Crippen LogP contribution in [0.25, 0.3) is 0 Å². The highest BCUT2D eigenvalue weighted by atomic mass is 16.5. The standard InChI is InChI=1S/C12H22N2O4/c1-4-7-18-9(15)5-6-14-11(17)10(16)12(2,3)8-13/h4,10,16H,1,5-8,13H2,2-3H3,(H,14,17)/t10-/m0/s1. The van der Waals surface area contributed by atoms with E-state index in [0.717, 1.165) is 0 Å². The Morgan fingerprint density at radius 2 is 2.17 bits per heavy atom. The van der Waals surface area contributed by atoms with E-state index in [4.69, 9.17) is 10.5 Å². The minimum absolute atomic E-state index is 0.0509. The van der Waals surface area contributed by atoms with Gasteiger partial charge in [-0.3, -0.25) is 9.59 Å². The summed E-state index contributed by atoms with van der Waals surface area (Å²) in [5.74, 6) is -0.968. The molecular formula is C12H22N2O4. The van der Waals surface area contributed by atoms with E-state index >= 15 is 0 Å². The summed E-state index contributed by atoms with van der Waals surface area (Å²) in [7, 11) is 0. The largest absolute Gasteiger partial charge is 0.461 e. The number of aliphatic hydroxyl groups is 1. The summed E-state index contributed by atoms with van der Waals surface area (Å²) in [5, 5.41) is 12.2. The van der Waals surface area contributed by atoms with Crippen molar-refractivity contribution in [2.24, 2.45) is 11.1 Å². The first kappa shape index (κ1) is 16.6. The molecule has 0 saturated carbocycles. The van der Waals surface area contributed by atoms with Crippen LogP contribution in [-0.4, -0.2) is 42.8 Å². The van der Waals surface area contributed by atoms with Gasteiger partial charge in [-0.1, -0.05) is 26.5 Å². The predicted octanol–water partition coefficient (Wildman–Crippen LogP) is -0.432. The van der Waals surface area contributed by atoms with E-state index in [2.05, 4.69) is 11.9 Å². The molecule has 0 radical (unpaired) electrons. The Morgan fingerprint density at radius 3 is 2.67 bits per heavy atom. The number of rotatable bonds is 8. The van der Waals surface area contributed by atoms with Gasteiger partial charge in [-0.15, -0.1) is 0 Å². The number of carbonyl (C=O) groups excluding carboxylic acids is 2. The molecule has 1 atom stereocenters. The molecule has 18 heavy (non-hydrogen) atoms. The highest BCUT2D eigenvalue weighted by Gasteiger charge is 2.31. The summed E-state index contributed by atoms with van der Waals surface area (Å²) in [4.78, 5) is 22.7. The van der Waals surface area contributed by atoms with Crippen LogP contribution in [0.2, 0.25) is 0 Å². The summed E-state index contributed by atoms with van der Waals surface area (Å²) >= 11 is 0. The van der Waals surface area contributed by atoms with Gasteiger partial charge in [0.2, 0.25) is 5.91 Å². The Balaban J connectivity index is 3.97. The van der Waals surface area contributed by atoms with Crippen LogP contribution < -0.4 is 11.1 Å². The van der Waals surface area contributed by atoms with Gasteiger partial charge in [-0.2, -0.15) is 0 Å². The van der Waals surface area contributed by atoms with Crippen LogP contribution in [0.4, 0.5) is 0 Å². The normalized spacial score (nSPS) is 12.7. The smallest absolute Gasteiger partial charge is 0.307 e. The van der Waals surface area contributed by atoms with Gasteiger partial charge < -0.3 is 20.9 Å². The van der Waals surface area contributed by atoms with Crippen LogP contribution in [0.3, 0.4) is 0 Å². The van der Waals surface area contributed by atoms with E-state index in [1.807, 2.05) is 0 Å². The van der Waals surface area contributed by atoms with Crippen LogP contribution in [-0.2, 0) is 14.3 Å². The average molecular weight is 258 g/mol. The van der Waals surface area contributed by atoms with Gasteiger partial charge in [-0.05, 0) is 0 Å². The lowest BCUT2D eigenvalue weighted by molar-refractivity contribution is -0.142. The second-order valence-electron chi connectivity index (χ2n) is 4.61. The lowest BCUT2D eigenvalue weighted by Crippen LogP contribution is -2.47. The number of ether oxygens (including phenoxy) is 1. The molecule has 0 aliphatic rings. The Morgan fingerprint density at radius 1 is 1.56 bits per heavy atom. The zero-order valence-corrected chi connectivity index (χ0v) is 10.9. The molecule has 0 spiro atoms. The second-order valence-corrected chi connectivity index (χ2v) is 4.61. The number of amides is 1. The third-order valence-electron chi connectivity index (χ3n) is 2.51. The molecule has 1 amide bonds. The van der Waals surface area contributed by atoms with E-state index in [0.29, 0.717) is 0 Å². The van der Waals surface area contributed by atoms with Gasteiger partial charge in [0.1, 0.15) is 12.7 Å². The van der Waals surface area contributed by atoms with Gasteiger partial charge >= 0.3 is 5.97 Å². The number of aliphatic hydroxyl groups excluding tert-OH is 1. The van der Waals surface area contributed by atoms with Crippen LogP contribution in [0.15, 0.2) is 12.7 Å². The summed E-state index contributed by atoms with van der Waals surface area (Å²) in [6.07, 6.45) is 0.311. The molecule has 0 saturated heterocycles. The van der Waals surface area contributed by atoms with Crippen molar-refractivity contribution in [3.05, 3.63) is 12.7 Å². The third kappa shape index (κ3) is 5.79. The molecule has 0 aromatic heterocycles. The number of nitrogens with one attached hydrogen (secondary N) is 1. The summed E-state index contributed by atoms with van der Waals surface area (Å²) in [5.41, 5.74) is 4.75. The third-order valence-corrected chi connectivity index (χ3v) is 2.51. The summed E-state index contributed by atoms with van der Waals surface area (Å²) in [6.45, 7) is 7.24. The average Bonchev–Trinajstić information content (AvgIpc) is 2.35. The topological polar surface area (TPSA) is 102 Å². The van der Waals surface area contributed by atoms with Crippen molar-refractivity contribution in [3.8, 4) is 0 Å². The highest BCUT2D eigenvalue weighted by Crippen LogP contribution is 2.18. The minimum atomic E-state index is -1.20. The lowest BCUT2D eigenvalue weighted by Gasteiger charge is -2.27. The maximum Gasteiger partial charge on any atom is 0.307 e. The molecule has 0 aromatic carbocycles. The quantitative estimate of drug-likeness (QED) is 0.405. The van der Waals surface area contributed by atoms with E-state index in [1.54, 1.807) is 13.8 Å². The van der Waals surface area contributed by atoms with Gasteiger partial charge in [0.25, 0.3) is 0 Å². The monoisotopic (exact) mass is 258 g/mol. The van der Waals surface area contributed by atoms with Gasteiger partial charge in [-0.25, -0.2) is 0 Å². The Hall–Kier alpha value is -1.40. The molecule has 0 aliphatic carbocycles. The van der Waals surface area contributed by atoms with Crippen molar-refractivity contribution in [2.75, 3.05) is 19.7 Å². The number of hydrogen-bond donors (Lipinski definition) is 3. The van der Waals surface area contributed by atoms with Crippen molar-refractivity contribution < 1.29 is 19.4 Å². The number of esters is 1. The van der Waals surface area contributed by atoms with E-state index in [9.17, 15) is 14.7 Å². The second kappa shape index (κ2) is 7.84.